The minimum absolute atomic E-state index is 0.657. The Morgan fingerprint density at radius 2 is 2.07 bits per heavy atom. The van der Waals surface area contributed by atoms with Gasteiger partial charge in [-0.05, 0) is 54.0 Å². The lowest BCUT2D eigenvalue weighted by Crippen LogP contribution is -2.28. The highest BCUT2D eigenvalue weighted by atomic mass is 79.9. The summed E-state index contributed by atoms with van der Waals surface area (Å²) in [4.78, 5) is 0. The Morgan fingerprint density at radius 1 is 1.33 bits per heavy atom. The van der Waals surface area contributed by atoms with Gasteiger partial charge in [0, 0.05) is 4.47 Å². The molecule has 2 atom stereocenters. The highest BCUT2D eigenvalue weighted by molar-refractivity contribution is 9.10. The van der Waals surface area contributed by atoms with Crippen molar-refractivity contribution in [1.29, 1.82) is 0 Å². The van der Waals surface area contributed by atoms with E-state index in [1.807, 2.05) is 11.8 Å². The molecule has 2 unspecified atom stereocenters. The lowest BCUT2D eigenvalue weighted by molar-refractivity contribution is 0.455. The monoisotopic (exact) mass is 285 g/mol. The molecular formula is C12H16BrNS. The van der Waals surface area contributed by atoms with E-state index in [4.69, 9.17) is 5.73 Å². The minimum atomic E-state index is 0.657. The number of rotatable bonds is 2. The molecule has 0 radical (unpaired) electrons. The summed E-state index contributed by atoms with van der Waals surface area (Å²) in [5.41, 5.74) is 7.29. The van der Waals surface area contributed by atoms with Crippen LogP contribution >= 0.6 is 27.7 Å². The summed E-state index contributed by atoms with van der Waals surface area (Å²) in [5.74, 6) is 3.82. The van der Waals surface area contributed by atoms with Crippen LogP contribution in [0.2, 0.25) is 0 Å². The zero-order valence-electron chi connectivity index (χ0n) is 8.66. The van der Waals surface area contributed by atoms with E-state index in [1.165, 1.54) is 23.5 Å². The van der Waals surface area contributed by atoms with E-state index in [1.54, 1.807) is 0 Å². The van der Waals surface area contributed by atoms with Gasteiger partial charge in [-0.2, -0.15) is 11.8 Å². The smallest absolute Gasteiger partial charge is 0.0175 e. The molecule has 82 valence electrons. The van der Waals surface area contributed by atoms with Gasteiger partial charge in [-0.15, -0.1) is 0 Å². The molecule has 0 saturated carbocycles. The van der Waals surface area contributed by atoms with Gasteiger partial charge in [-0.3, -0.25) is 0 Å². The van der Waals surface area contributed by atoms with E-state index in [9.17, 15) is 0 Å². The van der Waals surface area contributed by atoms with E-state index < -0.39 is 0 Å². The summed E-state index contributed by atoms with van der Waals surface area (Å²) in [5, 5.41) is 0. The SMILES string of the molecule is NCC1CSCCC1c1ccc(Br)cc1. The Labute approximate surface area is 104 Å². The molecule has 0 aromatic heterocycles. The van der Waals surface area contributed by atoms with Crippen molar-refractivity contribution < 1.29 is 0 Å². The summed E-state index contributed by atoms with van der Waals surface area (Å²) in [6.45, 7) is 0.813. The minimum Gasteiger partial charge on any atom is -0.330 e. The second-order valence-electron chi connectivity index (χ2n) is 4.02. The second-order valence-corrected chi connectivity index (χ2v) is 6.08. The quantitative estimate of drug-likeness (QED) is 0.903. The molecule has 15 heavy (non-hydrogen) atoms. The first-order chi connectivity index (χ1) is 7.31. The molecule has 1 heterocycles. The number of halogens is 1. The van der Waals surface area contributed by atoms with Gasteiger partial charge < -0.3 is 5.73 Å². The maximum Gasteiger partial charge on any atom is 0.0175 e. The van der Waals surface area contributed by atoms with E-state index in [0.29, 0.717) is 11.8 Å². The Balaban J connectivity index is 2.16. The van der Waals surface area contributed by atoms with Gasteiger partial charge in [0.1, 0.15) is 0 Å². The highest BCUT2D eigenvalue weighted by Crippen LogP contribution is 2.36. The third-order valence-corrected chi connectivity index (χ3v) is 4.79. The van der Waals surface area contributed by atoms with Crippen molar-refractivity contribution in [2.75, 3.05) is 18.1 Å². The molecule has 1 fully saturated rings. The first kappa shape index (κ1) is 11.5. The average Bonchev–Trinajstić information content (AvgIpc) is 2.30. The van der Waals surface area contributed by atoms with Crippen LogP contribution in [0.4, 0.5) is 0 Å². The lowest BCUT2D eigenvalue weighted by Gasteiger charge is -2.30. The van der Waals surface area contributed by atoms with Gasteiger partial charge in [0.2, 0.25) is 0 Å². The van der Waals surface area contributed by atoms with Crippen molar-refractivity contribution >= 4 is 27.7 Å². The Hall–Kier alpha value is 0.01000. The van der Waals surface area contributed by atoms with Crippen LogP contribution in [0, 0.1) is 5.92 Å². The highest BCUT2D eigenvalue weighted by Gasteiger charge is 2.25. The van der Waals surface area contributed by atoms with Gasteiger partial charge in [-0.25, -0.2) is 0 Å². The summed E-state index contributed by atoms with van der Waals surface area (Å²) < 4.78 is 1.15. The van der Waals surface area contributed by atoms with E-state index in [0.717, 1.165) is 11.0 Å². The maximum absolute atomic E-state index is 5.84. The number of hydrogen-bond donors (Lipinski definition) is 1. The third kappa shape index (κ3) is 2.77. The molecule has 1 aromatic carbocycles. The van der Waals surface area contributed by atoms with Crippen LogP contribution in [0.1, 0.15) is 17.9 Å². The van der Waals surface area contributed by atoms with Crippen LogP contribution in [-0.4, -0.2) is 18.1 Å². The van der Waals surface area contributed by atoms with E-state index in [2.05, 4.69) is 40.2 Å². The first-order valence-electron chi connectivity index (χ1n) is 5.34. The van der Waals surface area contributed by atoms with Crippen molar-refractivity contribution in [2.24, 2.45) is 11.7 Å². The fraction of sp³-hybridized carbons (Fsp3) is 0.500. The first-order valence-corrected chi connectivity index (χ1v) is 7.29. The standard InChI is InChI=1S/C12H16BrNS/c13-11-3-1-9(2-4-11)12-5-6-15-8-10(12)7-14/h1-4,10,12H,5-8,14H2. The molecule has 2 rings (SSSR count). The summed E-state index contributed by atoms with van der Waals surface area (Å²) in [6, 6.07) is 8.72. The van der Waals surface area contributed by atoms with Gasteiger partial charge in [0.15, 0.2) is 0 Å². The maximum atomic E-state index is 5.84. The Morgan fingerprint density at radius 3 is 2.73 bits per heavy atom. The molecule has 1 saturated heterocycles. The normalized spacial score (nSPS) is 26.5. The predicted molar refractivity (Wildman–Crippen MR) is 71.4 cm³/mol. The molecule has 3 heteroatoms. The summed E-state index contributed by atoms with van der Waals surface area (Å²) >= 11 is 5.51. The Kier molecular flexibility index (Phi) is 4.12. The largest absolute Gasteiger partial charge is 0.330 e. The van der Waals surface area contributed by atoms with Crippen LogP contribution in [0.15, 0.2) is 28.7 Å². The van der Waals surface area contributed by atoms with Crippen molar-refractivity contribution in [3.8, 4) is 0 Å². The second kappa shape index (κ2) is 5.37. The fourth-order valence-electron chi connectivity index (χ4n) is 2.18. The number of hydrogen-bond acceptors (Lipinski definition) is 2. The third-order valence-electron chi connectivity index (χ3n) is 3.08. The molecular weight excluding hydrogens is 270 g/mol. The topological polar surface area (TPSA) is 26.0 Å². The molecule has 0 bridgehead atoms. The van der Waals surface area contributed by atoms with Crippen LogP contribution in [-0.2, 0) is 0 Å². The van der Waals surface area contributed by atoms with E-state index in [-0.39, 0.29) is 0 Å². The Bertz CT molecular complexity index is 312. The fourth-order valence-corrected chi connectivity index (χ4v) is 3.70. The summed E-state index contributed by atoms with van der Waals surface area (Å²) in [6.07, 6.45) is 1.27. The van der Waals surface area contributed by atoms with Crippen LogP contribution in [0.25, 0.3) is 0 Å². The van der Waals surface area contributed by atoms with Crippen LogP contribution in [0.5, 0.6) is 0 Å². The molecule has 1 aromatic rings. The molecule has 1 aliphatic heterocycles. The number of nitrogens with two attached hydrogens (primary N) is 1. The zero-order chi connectivity index (χ0) is 10.7. The summed E-state index contributed by atoms with van der Waals surface area (Å²) in [7, 11) is 0. The predicted octanol–water partition coefficient (Wildman–Crippen LogP) is 3.24. The van der Waals surface area contributed by atoms with Gasteiger partial charge in [0.05, 0.1) is 0 Å². The van der Waals surface area contributed by atoms with Crippen LogP contribution < -0.4 is 5.73 Å². The molecule has 2 N–H and O–H groups in total. The van der Waals surface area contributed by atoms with Crippen molar-refractivity contribution in [2.45, 2.75) is 12.3 Å². The molecule has 0 amide bonds. The zero-order valence-corrected chi connectivity index (χ0v) is 11.1. The van der Waals surface area contributed by atoms with Crippen molar-refractivity contribution in [1.82, 2.24) is 0 Å². The molecule has 0 spiro atoms. The van der Waals surface area contributed by atoms with Gasteiger partial charge in [0.25, 0.3) is 0 Å². The van der Waals surface area contributed by atoms with Crippen LogP contribution in [0.3, 0.4) is 0 Å². The number of benzene rings is 1. The molecule has 0 aliphatic carbocycles. The van der Waals surface area contributed by atoms with E-state index >= 15 is 0 Å². The number of thioether (sulfide) groups is 1. The van der Waals surface area contributed by atoms with Gasteiger partial charge >= 0.3 is 0 Å². The lowest BCUT2D eigenvalue weighted by atomic mass is 9.85. The molecule has 1 aliphatic rings. The molecule has 1 nitrogen and oxygen atoms in total. The van der Waals surface area contributed by atoms with Crippen molar-refractivity contribution in [3.05, 3.63) is 34.3 Å². The van der Waals surface area contributed by atoms with Gasteiger partial charge in [-0.1, -0.05) is 28.1 Å². The van der Waals surface area contributed by atoms with Crippen molar-refractivity contribution in [3.63, 3.8) is 0 Å². The average molecular weight is 286 g/mol.